The number of thioether (sulfide) groups is 1. The highest BCUT2D eigenvalue weighted by molar-refractivity contribution is 8.01. The fraction of sp³-hybridized carbons (Fsp3) is 0.611. The molecule has 1 saturated heterocycles. The predicted molar refractivity (Wildman–Crippen MR) is 94.3 cm³/mol. The van der Waals surface area contributed by atoms with Crippen molar-refractivity contribution in [1.29, 1.82) is 0 Å². The molecule has 4 nitrogen and oxygen atoms in total. The Kier molecular flexibility index (Phi) is 6.12. The van der Waals surface area contributed by atoms with Crippen molar-refractivity contribution < 1.29 is 15.0 Å². The molecule has 5 heteroatoms. The number of unbranched alkanes of at least 4 members (excludes halogenated alkanes) is 3. The molecule has 128 valence electrons. The Labute approximate surface area is 142 Å². The van der Waals surface area contributed by atoms with Crippen LogP contribution in [-0.2, 0) is 9.85 Å². The van der Waals surface area contributed by atoms with Gasteiger partial charge in [0.1, 0.15) is 0 Å². The maximum Gasteiger partial charge on any atom is 0.303 e. The zero-order valence-electron chi connectivity index (χ0n) is 13.9. The molecule has 1 aromatic carbocycles. The maximum atomic E-state index is 11.0. The lowest BCUT2D eigenvalue weighted by atomic mass is 9.96. The number of carboxylic acid groups (broad SMARTS) is 1. The molecular formula is C18H27NO3S. The SMILES string of the molecule is CC1(C)SC(O)(c2ccccc2)NC1CCCCCCC(=O)O. The van der Waals surface area contributed by atoms with Gasteiger partial charge in [0.2, 0.25) is 0 Å². The molecule has 0 aliphatic carbocycles. The monoisotopic (exact) mass is 337 g/mol. The highest BCUT2D eigenvalue weighted by Gasteiger charge is 2.49. The van der Waals surface area contributed by atoms with E-state index in [1.807, 2.05) is 30.3 Å². The third-order valence-corrected chi connectivity index (χ3v) is 5.88. The minimum absolute atomic E-state index is 0.0499. The first-order valence-corrected chi connectivity index (χ1v) is 9.13. The van der Waals surface area contributed by atoms with Gasteiger partial charge in [-0.15, -0.1) is 0 Å². The largest absolute Gasteiger partial charge is 0.481 e. The summed E-state index contributed by atoms with van der Waals surface area (Å²) in [4.78, 5) is 10.5. The molecule has 1 aliphatic heterocycles. The zero-order chi connectivity index (χ0) is 16.9. The van der Waals surface area contributed by atoms with Crippen molar-refractivity contribution in [2.24, 2.45) is 0 Å². The molecule has 0 spiro atoms. The van der Waals surface area contributed by atoms with Gasteiger partial charge in [-0.1, -0.05) is 61.4 Å². The van der Waals surface area contributed by atoms with Crippen LogP contribution < -0.4 is 5.32 Å². The number of rotatable bonds is 8. The number of benzene rings is 1. The van der Waals surface area contributed by atoms with Gasteiger partial charge in [0.05, 0.1) is 0 Å². The van der Waals surface area contributed by atoms with Crippen LogP contribution in [0.5, 0.6) is 0 Å². The lowest BCUT2D eigenvalue weighted by Crippen LogP contribution is -2.42. The number of aliphatic carboxylic acids is 1. The molecule has 3 N–H and O–H groups in total. The van der Waals surface area contributed by atoms with Crippen molar-refractivity contribution in [1.82, 2.24) is 5.32 Å². The predicted octanol–water partition coefficient (Wildman–Crippen LogP) is 3.70. The first-order valence-electron chi connectivity index (χ1n) is 8.31. The molecular weight excluding hydrogens is 310 g/mol. The summed E-state index contributed by atoms with van der Waals surface area (Å²) in [6.07, 6.45) is 5.04. The van der Waals surface area contributed by atoms with Gasteiger partial charge in [0.25, 0.3) is 0 Å². The molecule has 1 aliphatic rings. The van der Waals surface area contributed by atoms with Crippen LogP contribution in [0, 0.1) is 0 Å². The van der Waals surface area contributed by atoms with Crippen molar-refractivity contribution in [3.8, 4) is 0 Å². The van der Waals surface area contributed by atoms with E-state index in [1.165, 1.54) is 0 Å². The van der Waals surface area contributed by atoms with E-state index in [2.05, 4.69) is 19.2 Å². The number of hydrogen-bond acceptors (Lipinski definition) is 4. The van der Waals surface area contributed by atoms with Crippen LogP contribution in [0.4, 0.5) is 0 Å². The number of aliphatic hydroxyl groups is 1. The van der Waals surface area contributed by atoms with Crippen LogP contribution >= 0.6 is 11.8 Å². The molecule has 1 aromatic rings. The van der Waals surface area contributed by atoms with Crippen molar-refractivity contribution in [2.45, 2.75) is 68.2 Å². The zero-order valence-corrected chi connectivity index (χ0v) is 14.7. The quantitative estimate of drug-likeness (QED) is 0.631. The van der Waals surface area contributed by atoms with E-state index in [0.29, 0.717) is 0 Å². The molecule has 0 aromatic heterocycles. The van der Waals surface area contributed by atoms with Crippen molar-refractivity contribution in [2.75, 3.05) is 0 Å². The van der Waals surface area contributed by atoms with Gasteiger partial charge in [0, 0.05) is 22.8 Å². The Morgan fingerprint density at radius 2 is 1.83 bits per heavy atom. The Morgan fingerprint density at radius 3 is 2.48 bits per heavy atom. The molecule has 1 fully saturated rings. The van der Waals surface area contributed by atoms with Crippen LogP contribution in [0.3, 0.4) is 0 Å². The van der Waals surface area contributed by atoms with Crippen molar-refractivity contribution in [3.05, 3.63) is 35.9 Å². The Bertz CT molecular complexity index is 520. The third-order valence-electron chi connectivity index (χ3n) is 4.42. The van der Waals surface area contributed by atoms with Crippen LogP contribution in [0.1, 0.15) is 57.9 Å². The molecule has 2 atom stereocenters. The second-order valence-electron chi connectivity index (χ2n) is 6.76. The summed E-state index contributed by atoms with van der Waals surface area (Å²) in [7, 11) is 0. The minimum atomic E-state index is -1.03. The van der Waals surface area contributed by atoms with E-state index in [0.717, 1.165) is 37.7 Å². The number of carboxylic acids is 1. The van der Waals surface area contributed by atoms with E-state index in [1.54, 1.807) is 11.8 Å². The van der Waals surface area contributed by atoms with Gasteiger partial charge in [0.15, 0.2) is 5.06 Å². The summed E-state index contributed by atoms with van der Waals surface area (Å²) < 4.78 is -0.0499. The number of hydrogen-bond donors (Lipinski definition) is 3. The van der Waals surface area contributed by atoms with Gasteiger partial charge < -0.3 is 10.2 Å². The van der Waals surface area contributed by atoms with Crippen LogP contribution in [-0.4, -0.2) is 27.0 Å². The standard InChI is InChI=1S/C18H27NO3S/c1-17(2)15(12-8-3-4-9-13-16(20)21)19-18(22,23-17)14-10-6-5-7-11-14/h5-7,10-11,15,19,22H,3-4,8-9,12-13H2,1-2H3,(H,20,21). The average molecular weight is 337 g/mol. The summed E-state index contributed by atoms with van der Waals surface area (Å²) in [6, 6.07) is 9.97. The van der Waals surface area contributed by atoms with Gasteiger partial charge in [-0.2, -0.15) is 0 Å². The molecule has 1 heterocycles. The summed E-state index contributed by atoms with van der Waals surface area (Å²) in [6.45, 7) is 4.33. The average Bonchev–Trinajstić information content (AvgIpc) is 2.73. The lowest BCUT2D eigenvalue weighted by molar-refractivity contribution is -0.137. The van der Waals surface area contributed by atoms with E-state index >= 15 is 0 Å². The number of nitrogens with one attached hydrogen (secondary N) is 1. The molecule has 0 radical (unpaired) electrons. The fourth-order valence-corrected chi connectivity index (χ4v) is 4.63. The molecule has 0 bridgehead atoms. The van der Waals surface area contributed by atoms with E-state index in [9.17, 15) is 9.90 Å². The van der Waals surface area contributed by atoms with E-state index < -0.39 is 11.0 Å². The molecule has 0 saturated carbocycles. The Balaban J connectivity index is 1.84. The smallest absolute Gasteiger partial charge is 0.303 e. The molecule has 23 heavy (non-hydrogen) atoms. The van der Waals surface area contributed by atoms with E-state index in [-0.39, 0.29) is 17.2 Å². The molecule has 0 amide bonds. The number of carbonyl (C=O) groups is 1. The van der Waals surface area contributed by atoms with Crippen LogP contribution in [0.2, 0.25) is 0 Å². The third kappa shape index (κ3) is 4.96. The molecule has 2 rings (SSSR count). The minimum Gasteiger partial charge on any atom is -0.481 e. The first kappa shape index (κ1) is 18.3. The Morgan fingerprint density at radius 1 is 1.17 bits per heavy atom. The van der Waals surface area contributed by atoms with Gasteiger partial charge in [-0.25, -0.2) is 0 Å². The van der Waals surface area contributed by atoms with E-state index in [4.69, 9.17) is 5.11 Å². The van der Waals surface area contributed by atoms with Crippen LogP contribution in [0.25, 0.3) is 0 Å². The fourth-order valence-electron chi connectivity index (χ4n) is 3.10. The second kappa shape index (κ2) is 7.69. The first-order chi connectivity index (χ1) is 10.8. The van der Waals surface area contributed by atoms with Crippen LogP contribution in [0.15, 0.2) is 30.3 Å². The Hall–Kier alpha value is -1.04. The van der Waals surface area contributed by atoms with Gasteiger partial charge >= 0.3 is 5.97 Å². The van der Waals surface area contributed by atoms with Crippen molar-refractivity contribution >= 4 is 17.7 Å². The maximum absolute atomic E-state index is 11.0. The lowest BCUT2D eigenvalue weighted by Gasteiger charge is -2.24. The summed E-state index contributed by atoms with van der Waals surface area (Å²) in [5.41, 5.74) is 0.891. The van der Waals surface area contributed by atoms with Gasteiger partial charge in [-0.3, -0.25) is 10.1 Å². The molecule has 2 unspecified atom stereocenters. The van der Waals surface area contributed by atoms with Gasteiger partial charge in [-0.05, 0) is 26.7 Å². The topological polar surface area (TPSA) is 69.6 Å². The van der Waals surface area contributed by atoms with Crippen molar-refractivity contribution in [3.63, 3.8) is 0 Å². The summed E-state index contributed by atoms with van der Waals surface area (Å²) in [5, 5.41) is 22.0. The summed E-state index contributed by atoms with van der Waals surface area (Å²) in [5.74, 6) is -0.715. The second-order valence-corrected chi connectivity index (χ2v) is 8.61. The highest BCUT2D eigenvalue weighted by Crippen LogP contribution is 2.49. The normalized spacial score (nSPS) is 26.3. The summed E-state index contributed by atoms with van der Waals surface area (Å²) >= 11 is 1.57. The highest BCUT2D eigenvalue weighted by atomic mass is 32.2.